The molecule has 2 aromatic rings. The Morgan fingerprint density at radius 2 is 1.87 bits per heavy atom. The van der Waals surface area contributed by atoms with Crippen molar-refractivity contribution in [2.24, 2.45) is 0 Å². The molecule has 0 radical (unpaired) electrons. The summed E-state index contributed by atoms with van der Waals surface area (Å²) in [6, 6.07) is 18.4. The first-order valence-corrected chi connectivity index (χ1v) is 11.7. The average molecular weight is 435 g/mol. The normalized spacial score (nSPS) is 18.6. The van der Waals surface area contributed by atoms with Crippen LogP contribution in [0.1, 0.15) is 56.2 Å². The summed E-state index contributed by atoms with van der Waals surface area (Å²) in [4.78, 5) is 15.0. The van der Waals surface area contributed by atoms with Gasteiger partial charge in [0.2, 0.25) is 0 Å². The maximum Gasteiger partial charge on any atom is 0.173 e. The second kappa shape index (κ2) is 10.1. The van der Waals surface area contributed by atoms with Crippen molar-refractivity contribution in [1.29, 1.82) is 0 Å². The Labute approximate surface area is 190 Å². The number of thiocarbonyl (C=S) groups is 1. The van der Waals surface area contributed by atoms with Crippen molar-refractivity contribution in [1.82, 2.24) is 10.2 Å². The Balaban J connectivity index is 1.43. The van der Waals surface area contributed by atoms with Crippen molar-refractivity contribution in [2.45, 2.75) is 51.5 Å². The van der Waals surface area contributed by atoms with Gasteiger partial charge in [0.1, 0.15) is 5.75 Å². The van der Waals surface area contributed by atoms with Crippen molar-refractivity contribution in [3.8, 4) is 5.75 Å². The molecule has 2 aliphatic rings. The molecule has 1 unspecified atom stereocenters. The number of rotatable bonds is 8. The van der Waals surface area contributed by atoms with E-state index < -0.39 is 0 Å². The third kappa shape index (κ3) is 4.99. The molecule has 5 heteroatoms. The fraction of sp³-hybridized carbons (Fsp3) is 0.385. The summed E-state index contributed by atoms with van der Waals surface area (Å²) in [6.07, 6.45) is 5.42. The van der Waals surface area contributed by atoms with Crippen molar-refractivity contribution < 1.29 is 9.53 Å². The molecule has 0 fully saturated rings. The van der Waals surface area contributed by atoms with E-state index in [0.29, 0.717) is 13.0 Å². The standard InChI is InChI=1S/C26H30N2O2S/c1-2-17-28-22-11-6-12-23(29)24(22)25(27-26(28)31)20-13-15-21(16-14-20)30-18-7-10-19-8-4-3-5-9-19/h3-5,8-9,13-16,25H,2,6-7,10-12,17-18H2,1H3,(H,27,31). The molecule has 1 heterocycles. The van der Waals surface area contributed by atoms with Crippen LogP contribution in [-0.4, -0.2) is 28.9 Å². The lowest BCUT2D eigenvalue weighted by molar-refractivity contribution is -0.116. The van der Waals surface area contributed by atoms with Crippen molar-refractivity contribution in [3.05, 3.63) is 77.0 Å². The predicted octanol–water partition coefficient (Wildman–Crippen LogP) is 5.35. The number of allylic oxidation sites excluding steroid dienone is 1. The van der Waals surface area contributed by atoms with Crippen LogP contribution in [0.15, 0.2) is 65.9 Å². The van der Waals surface area contributed by atoms with E-state index in [1.165, 1.54) is 5.56 Å². The zero-order valence-electron chi connectivity index (χ0n) is 18.1. The molecule has 0 bridgehead atoms. The van der Waals surface area contributed by atoms with Crippen LogP contribution in [0.25, 0.3) is 0 Å². The summed E-state index contributed by atoms with van der Waals surface area (Å²) in [5.74, 6) is 1.09. The van der Waals surface area contributed by atoms with Crippen LogP contribution in [0.4, 0.5) is 0 Å². The van der Waals surface area contributed by atoms with Gasteiger partial charge in [-0.15, -0.1) is 0 Å². The molecule has 1 atom stereocenters. The van der Waals surface area contributed by atoms with Gasteiger partial charge < -0.3 is 15.0 Å². The number of nitrogens with zero attached hydrogens (tertiary/aromatic N) is 1. The lowest BCUT2D eigenvalue weighted by atomic mass is 9.85. The summed E-state index contributed by atoms with van der Waals surface area (Å²) in [6.45, 7) is 3.67. The highest BCUT2D eigenvalue weighted by Gasteiger charge is 2.36. The van der Waals surface area contributed by atoms with Crippen molar-refractivity contribution in [3.63, 3.8) is 0 Å². The highest BCUT2D eigenvalue weighted by molar-refractivity contribution is 7.80. The van der Waals surface area contributed by atoms with Crippen molar-refractivity contribution in [2.75, 3.05) is 13.2 Å². The second-order valence-electron chi connectivity index (χ2n) is 8.18. The number of nitrogens with one attached hydrogen (secondary N) is 1. The summed E-state index contributed by atoms with van der Waals surface area (Å²) >= 11 is 5.66. The van der Waals surface area contributed by atoms with Crippen LogP contribution in [0.2, 0.25) is 0 Å². The number of benzene rings is 2. The molecule has 0 aromatic heterocycles. The van der Waals surface area contributed by atoms with Crippen LogP contribution in [0, 0.1) is 0 Å². The van der Waals surface area contributed by atoms with Crippen LogP contribution in [0.5, 0.6) is 5.75 Å². The third-order valence-corrected chi connectivity index (χ3v) is 6.28. The van der Waals surface area contributed by atoms with Crippen LogP contribution >= 0.6 is 12.2 Å². The Hall–Kier alpha value is -2.66. The summed E-state index contributed by atoms with van der Waals surface area (Å²) in [7, 11) is 0. The first-order valence-electron chi connectivity index (χ1n) is 11.3. The fourth-order valence-corrected chi connectivity index (χ4v) is 4.75. The Morgan fingerprint density at radius 1 is 1.10 bits per heavy atom. The van der Waals surface area contributed by atoms with E-state index in [4.69, 9.17) is 17.0 Å². The maximum absolute atomic E-state index is 12.8. The lowest BCUT2D eigenvalue weighted by Crippen LogP contribution is -2.49. The summed E-state index contributed by atoms with van der Waals surface area (Å²) in [5.41, 5.74) is 4.40. The highest BCUT2D eigenvalue weighted by atomic mass is 32.1. The van der Waals surface area contributed by atoms with E-state index in [0.717, 1.165) is 66.3 Å². The number of carbonyl (C=O) groups is 1. The van der Waals surface area contributed by atoms with Gasteiger partial charge in [0.15, 0.2) is 10.9 Å². The molecule has 4 nitrogen and oxygen atoms in total. The number of hydrogen-bond acceptors (Lipinski definition) is 3. The van der Waals surface area contributed by atoms with E-state index in [9.17, 15) is 4.79 Å². The van der Waals surface area contributed by atoms with E-state index in [1.807, 2.05) is 18.2 Å². The minimum atomic E-state index is -0.171. The molecule has 0 spiro atoms. The molecular formula is C26H30N2O2S. The molecule has 31 heavy (non-hydrogen) atoms. The van der Waals surface area contributed by atoms with Gasteiger partial charge in [0.05, 0.1) is 12.6 Å². The van der Waals surface area contributed by atoms with E-state index in [1.54, 1.807) is 0 Å². The molecular weight excluding hydrogens is 404 g/mol. The zero-order valence-corrected chi connectivity index (χ0v) is 18.9. The predicted molar refractivity (Wildman–Crippen MR) is 128 cm³/mol. The first kappa shape index (κ1) is 21.6. The fourth-order valence-electron chi connectivity index (χ4n) is 4.43. The van der Waals surface area contributed by atoms with E-state index >= 15 is 0 Å². The topological polar surface area (TPSA) is 41.6 Å². The molecule has 4 rings (SSSR count). The molecule has 1 aliphatic carbocycles. The van der Waals surface area contributed by atoms with Gasteiger partial charge in [-0.05, 0) is 67.6 Å². The van der Waals surface area contributed by atoms with E-state index in [2.05, 4.69) is 53.5 Å². The Morgan fingerprint density at radius 3 is 2.61 bits per heavy atom. The Kier molecular flexibility index (Phi) is 7.03. The monoisotopic (exact) mass is 434 g/mol. The smallest absolute Gasteiger partial charge is 0.173 e. The number of ketones is 1. The molecule has 0 amide bonds. The van der Waals surface area contributed by atoms with Gasteiger partial charge in [-0.3, -0.25) is 4.79 Å². The van der Waals surface area contributed by atoms with Crippen LogP contribution < -0.4 is 10.1 Å². The minimum Gasteiger partial charge on any atom is -0.494 e. The van der Waals surface area contributed by atoms with Crippen LogP contribution in [-0.2, 0) is 11.2 Å². The van der Waals surface area contributed by atoms with E-state index in [-0.39, 0.29) is 11.8 Å². The average Bonchev–Trinajstić information content (AvgIpc) is 2.80. The third-order valence-electron chi connectivity index (χ3n) is 5.94. The number of aryl methyl sites for hydroxylation is 1. The molecule has 0 saturated heterocycles. The largest absolute Gasteiger partial charge is 0.494 e. The zero-order chi connectivity index (χ0) is 21.6. The van der Waals surface area contributed by atoms with Gasteiger partial charge in [0, 0.05) is 24.2 Å². The van der Waals surface area contributed by atoms with Gasteiger partial charge in [-0.1, -0.05) is 49.4 Å². The summed E-state index contributed by atoms with van der Waals surface area (Å²) in [5, 5.41) is 4.15. The SMILES string of the molecule is CCCN1C(=S)NC(c2ccc(OCCCc3ccccc3)cc2)C2=C1CCCC2=O. The molecule has 1 N–H and O–H groups in total. The minimum absolute atomic E-state index is 0.171. The van der Waals surface area contributed by atoms with Gasteiger partial charge in [0.25, 0.3) is 0 Å². The lowest BCUT2D eigenvalue weighted by Gasteiger charge is -2.41. The number of carbonyl (C=O) groups excluding carboxylic acids is 1. The molecule has 1 aliphatic heterocycles. The van der Waals surface area contributed by atoms with Gasteiger partial charge in [-0.2, -0.15) is 0 Å². The highest BCUT2D eigenvalue weighted by Crippen LogP contribution is 2.37. The van der Waals surface area contributed by atoms with Gasteiger partial charge >= 0.3 is 0 Å². The Bertz CT molecular complexity index is 953. The molecule has 0 saturated carbocycles. The number of hydrogen-bond donors (Lipinski definition) is 1. The second-order valence-corrected chi connectivity index (χ2v) is 8.56. The molecule has 162 valence electrons. The maximum atomic E-state index is 12.8. The summed E-state index contributed by atoms with van der Waals surface area (Å²) < 4.78 is 5.93. The van der Waals surface area contributed by atoms with Gasteiger partial charge in [-0.25, -0.2) is 0 Å². The number of Topliss-reactive ketones (excluding diaryl/α,β-unsaturated/α-hetero) is 1. The van der Waals surface area contributed by atoms with Crippen LogP contribution in [0.3, 0.4) is 0 Å². The first-order chi connectivity index (χ1) is 15.2. The number of ether oxygens (including phenoxy) is 1. The van der Waals surface area contributed by atoms with Crippen molar-refractivity contribution >= 4 is 23.1 Å². The molecule has 2 aromatic carbocycles. The quantitative estimate of drug-likeness (QED) is 0.448.